The number of ether oxygens (including phenoxy) is 1. The second-order valence-corrected chi connectivity index (χ2v) is 4.64. The first-order valence-corrected chi connectivity index (χ1v) is 6.43. The largest absolute Gasteiger partial charge is 0.495 e. The van der Waals surface area contributed by atoms with Gasteiger partial charge in [0.05, 0.1) is 18.8 Å². The van der Waals surface area contributed by atoms with E-state index in [2.05, 4.69) is 5.32 Å². The van der Waals surface area contributed by atoms with Crippen molar-refractivity contribution in [2.45, 2.75) is 19.4 Å². The summed E-state index contributed by atoms with van der Waals surface area (Å²) in [6, 6.07) is 5.21. The summed E-state index contributed by atoms with van der Waals surface area (Å²) in [6.45, 7) is 3.47. The fourth-order valence-corrected chi connectivity index (χ4v) is 2.40. The molecule has 1 amide bonds. The highest BCUT2D eigenvalue weighted by molar-refractivity contribution is 6.31. The zero-order valence-electron chi connectivity index (χ0n) is 10.6. The summed E-state index contributed by atoms with van der Waals surface area (Å²) in [4.78, 5) is 14.0. The average molecular weight is 269 g/mol. The van der Waals surface area contributed by atoms with E-state index in [0.29, 0.717) is 17.3 Å². The number of hydrogen-bond donors (Lipinski definition) is 1. The van der Waals surface area contributed by atoms with Crippen molar-refractivity contribution in [1.82, 2.24) is 5.32 Å². The molecule has 0 aliphatic carbocycles. The smallest absolute Gasteiger partial charge is 0.244 e. The van der Waals surface area contributed by atoms with Gasteiger partial charge in [0, 0.05) is 11.6 Å². The lowest BCUT2D eigenvalue weighted by Gasteiger charge is -2.20. The van der Waals surface area contributed by atoms with Crippen LogP contribution in [-0.2, 0) is 4.79 Å². The van der Waals surface area contributed by atoms with Crippen LogP contribution in [0.4, 0.5) is 5.69 Å². The number of hydrogen-bond acceptors (Lipinski definition) is 3. The molecule has 98 valence electrons. The quantitative estimate of drug-likeness (QED) is 0.909. The molecule has 1 heterocycles. The number of amides is 1. The molecule has 1 unspecified atom stereocenters. The Balaban J connectivity index is 2.27. The maximum absolute atomic E-state index is 12.2. The van der Waals surface area contributed by atoms with E-state index in [1.165, 1.54) is 0 Å². The number of carbonyl (C=O) groups is 1. The number of methoxy groups -OCH3 is 1. The van der Waals surface area contributed by atoms with Crippen molar-refractivity contribution in [3.05, 3.63) is 23.2 Å². The molecular formula is C13H17ClN2O2. The minimum Gasteiger partial charge on any atom is -0.495 e. The molecule has 4 nitrogen and oxygen atoms in total. The van der Waals surface area contributed by atoms with Crippen molar-refractivity contribution >= 4 is 23.2 Å². The SMILES string of the molecule is CCNC1CCN(c2cc(Cl)ccc2OC)C1=O. The van der Waals surface area contributed by atoms with Crippen molar-refractivity contribution < 1.29 is 9.53 Å². The van der Waals surface area contributed by atoms with Gasteiger partial charge in [-0.2, -0.15) is 0 Å². The molecule has 1 aliphatic heterocycles. The molecule has 1 fully saturated rings. The summed E-state index contributed by atoms with van der Waals surface area (Å²) in [5, 5.41) is 3.78. The average Bonchev–Trinajstić information content (AvgIpc) is 2.72. The lowest BCUT2D eigenvalue weighted by molar-refractivity contribution is -0.118. The molecule has 18 heavy (non-hydrogen) atoms. The lowest BCUT2D eigenvalue weighted by Crippen LogP contribution is -2.38. The molecule has 0 radical (unpaired) electrons. The third kappa shape index (κ3) is 2.44. The highest BCUT2D eigenvalue weighted by Crippen LogP contribution is 2.33. The van der Waals surface area contributed by atoms with Crippen LogP contribution in [0.1, 0.15) is 13.3 Å². The highest BCUT2D eigenvalue weighted by Gasteiger charge is 2.33. The van der Waals surface area contributed by atoms with E-state index in [9.17, 15) is 4.79 Å². The van der Waals surface area contributed by atoms with Crippen LogP contribution in [0.5, 0.6) is 5.75 Å². The number of carbonyl (C=O) groups excluding carboxylic acids is 1. The second-order valence-electron chi connectivity index (χ2n) is 4.20. The Kier molecular flexibility index (Phi) is 4.09. The number of rotatable bonds is 4. The monoisotopic (exact) mass is 268 g/mol. The highest BCUT2D eigenvalue weighted by atomic mass is 35.5. The van der Waals surface area contributed by atoms with Gasteiger partial charge in [0.25, 0.3) is 0 Å². The molecule has 1 N–H and O–H groups in total. The van der Waals surface area contributed by atoms with Crippen LogP contribution in [-0.4, -0.2) is 32.1 Å². The van der Waals surface area contributed by atoms with E-state index in [1.807, 2.05) is 6.92 Å². The Labute approximate surface area is 112 Å². The van der Waals surface area contributed by atoms with Crippen LogP contribution >= 0.6 is 11.6 Å². The molecular weight excluding hydrogens is 252 g/mol. The Morgan fingerprint density at radius 1 is 1.56 bits per heavy atom. The van der Waals surface area contributed by atoms with Gasteiger partial charge in [-0.3, -0.25) is 4.79 Å². The number of nitrogens with zero attached hydrogens (tertiary/aromatic N) is 1. The van der Waals surface area contributed by atoms with Crippen LogP contribution in [0.25, 0.3) is 0 Å². The van der Waals surface area contributed by atoms with E-state index in [-0.39, 0.29) is 11.9 Å². The molecule has 1 aliphatic rings. The van der Waals surface area contributed by atoms with Crippen molar-refractivity contribution in [3.63, 3.8) is 0 Å². The van der Waals surface area contributed by atoms with Gasteiger partial charge in [0.1, 0.15) is 5.75 Å². The van der Waals surface area contributed by atoms with Gasteiger partial charge in [-0.25, -0.2) is 0 Å². The summed E-state index contributed by atoms with van der Waals surface area (Å²) in [7, 11) is 1.59. The minimum absolute atomic E-state index is 0.0809. The van der Waals surface area contributed by atoms with Crippen molar-refractivity contribution in [2.75, 3.05) is 25.1 Å². The van der Waals surface area contributed by atoms with Crippen LogP contribution in [0.3, 0.4) is 0 Å². The van der Waals surface area contributed by atoms with E-state index < -0.39 is 0 Å². The molecule has 1 aromatic rings. The Morgan fingerprint density at radius 3 is 3.00 bits per heavy atom. The standard InChI is InChI=1S/C13H17ClN2O2/c1-3-15-10-6-7-16(13(10)17)11-8-9(14)4-5-12(11)18-2/h4-5,8,10,15H,3,6-7H2,1-2H3. The van der Waals surface area contributed by atoms with Gasteiger partial charge in [-0.1, -0.05) is 18.5 Å². The van der Waals surface area contributed by atoms with E-state index >= 15 is 0 Å². The maximum atomic E-state index is 12.2. The van der Waals surface area contributed by atoms with Crippen LogP contribution in [0, 0.1) is 0 Å². The minimum atomic E-state index is -0.0984. The van der Waals surface area contributed by atoms with Crippen LogP contribution < -0.4 is 15.0 Å². The third-order valence-electron chi connectivity index (χ3n) is 3.09. The van der Waals surface area contributed by atoms with E-state index in [0.717, 1.165) is 18.7 Å². The second kappa shape index (κ2) is 5.59. The zero-order chi connectivity index (χ0) is 13.1. The Morgan fingerprint density at radius 2 is 2.33 bits per heavy atom. The predicted octanol–water partition coefficient (Wildman–Crippen LogP) is 2.06. The molecule has 0 spiro atoms. The Bertz CT molecular complexity index is 451. The molecule has 1 saturated heterocycles. The summed E-state index contributed by atoms with van der Waals surface area (Å²) in [5.74, 6) is 0.752. The number of likely N-dealkylation sites (N-methyl/N-ethyl adjacent to an activating group) is 1. The third-order valence-corrected chi connectivity index (χ3v) is 3.32. The zero-order valence-corrected chi connectivity index (χ0v) is 11.3. The van der Waals surface area contributed by atoms with Gasteiger partial charge >= 0.3 is 0 Å². The van der Waals surface area contributed by atoms with Crippen molar-refractivity contribution in [2.24, 2.45) is 0 Å². The summed E-state index contributed by atoms with van der Waals surface area (Å²) in [6.07, 6.45) is 0.808. The summed E-state index contributed by atoms with van der Waals surface area (Å²) < 4.78 is 5.28. The van der Waals surface area contributed by atoms with Crippen LogP contribution in [0.15, 0.2) is 18.2 Å². The van der Waals surface area contributed by atoms with Gasteiger partial charge in [0.2, 0.25) is 5.91 Å². The number of nitrogens with one attached hydrogen (secondary N) is 1. The number of halogens is 1. The topological polar surface area (TPSA) is 41.6 Å². The van der Waals surface area contributed by atoms with Crippen LogP contribution in [0.2, 0.25) is 5.02 Å². The first-order chi connectivity index (χ1) is 8.67. The Hall–Kier alpha value is -1.26. The molecule has 0 bridgehead atoms. The lowest BCUT2D eigenvalue weighted by atomic mass is 10.2. The summed E-state index contributed by atoms with van der Waals surface area (Å²) in [5.41, 5.74) is 0.746. The molecule has 1 atom stereocenters. The van der Waals surface area contributed by atoms with Crippen molar-refractivity contribution in [3.8, 4) is 5.75 Å². The normalized spacial score (nSPS) is 19.4. The molecule has 1 aromatic carbocycles. The molecule has 0 aromatic heterocycles. The van der Waals surface area contributed by atoms with E-state index in [4.69, 9.17) is 16.3 Å². The first-order valence-electron chi connectivity index (χ1n) is 6.05. The maximum Gasteiger partial charge on any atom is 0.244 e. The molecule has 5 heteroatoms. The van der Waals surface area contributed by atoms with Gasteiger partial charge in [0.15, 0.2) is 0 Å². The predicted molar refractivity (Wildman–Crippen MR) is 72.4 cm³/mol. The molecule has 2 rings (SSSR count). The van der Waals surface area contributed by atoms with Gasteiger partial charge in [-0.15, -0.1) is 0 Å². The van der Waals surface area contributed by atoms with Gasteiger partial charge < -0.3 is 15.0 Å². The van der Waals surface area contributed by atoms with Crippen molar-refractivity contribution in [1.29, 1.82) is 0 Å². The molecule has 0 saturated carbocycles. The number of benzene rings is 1. The fourth-order valence-electron chi connectivity index (χ4n) is 2.23. The number of anilines is 1. The van der Waals surface area contributed by atoms with E-state index in [1.54, 1.807) is 30.2 Å². The summed E-state index contributed by atoms with van der Waals surface area (Å²) >= 11 is 5.99. The first kappa shape index (κ1) is 13.2. The van der Waals surface area contributed by atoms with Gasteiger partial charge in [-0.05, 0) is 31.2 Å². The fraction of sp³-hybridized carbons (Fsp3) is 0.462.